The first-order valence-corrected chi connectivity index (χ1v) is 3.81. The summed E-state index contributed by atoms with van der Waals surface area (Å²) in [6.45, 7) is -0.730. The second kappa shape index (κ2) is 6.01. The maximum absolute atomic E-state index is 9.92. The number of hydrogen-bond acceptors (Lipinski definition) is 6. The Hall–Kier alpha value is -0.530. The van der Waals surface area contributed by atoms with Crippen molar-refractivity contribution in [1.82, 2.24) is 0 Å². The van der Waals surface area contributed by atoms with Gasteiger partial charge in [0.15, 0.2) is 0 Å². The maximum atomic E-state index is 9.92. The van der Waals surface area contributed by atoms with Gasteiger partial charge in [0, 0.05) is 6.42 Å². The first-order chi connectivity index (χ1) is 6.04. The SMILES string of the molecule is O=CCC(O)C(O)C(O)C(O)CO. The van der Waals surface area contributed by atoms with Gasteiger partial charge in [0.25, 0.3) is 0 Å². The number of aliphatic hydroxyl groups is 5. The summed E-state index contributed by atoms with van der Waals surface area (Å²) in [6.07, 6.45) is -6.24. The molecule has 0 aromatic heterocycles. The molecule has 0 aliphatic heterocycles. The topological polar surface area (TPSA) is 118 Å². The highest BCUT2D eigenvalue weighted by molar-refractivity contribution is 5.50. The Balaban J connectivity index is 4.06. The zero-order valence-corrected chi connectivity index (χ0v) is 6.95. The summed E-state index contributed by atoms with van der Waals surface area (Å²) in [5.74, 6) is 0. The van der Waals surface area contributed by atoms with Gasteiger partial charge in [0.2, 0.25) is 0 Å². The fraction of sp³-hybridized carbons (Fsp3) is 0.857. The lowest BCUT2D eigenvalue weighted by molar-refractivity contribution is -0.125. The van der Waals surface area contributed by atoms with Gasteiger partial charge in [-0.25, -0.2) is 0 Å². The fourth-order valence-corrected chi connectivity index (χ4v) is 0.801. The zero-order valence-electron chi connectivity index (χ0n) is 6.95. The van der Waals surface area contributed by atoms with Crippen molar-refractivity contribution in [2.24, 2.45) is 0 Å². The van der Waals surface area contributed by atoms with Crippen molar-refractivity contribution in [3.05, 3.63) is 0 Å². The van der Waals surface area contributed by atoms with Gasteiger partial charge in [-0.15, -0.1) is 0 Å². The molecule has 0 rings (SSSR count). The van der Waals surface area contributed by atoms with Crippen LogP contribution in [0.5, 0.6) is 0 Å². The van der Waals surface area contributed by atoms with Gasteiger partial charge in [-0.2, -0.15) is 0 Å². The number of carbonyl (C=O) groups is 1. The minimum absolute atomic E-state index is 0.337. The van der Waals surface area contributed by atoms with Crippen LogP contribution >= 0.6 is 0 Å². The molecule has 0 bridgehead atoms. The van der Waals surface area contributed by atoms with E-state index in [0.717, 1.165) is 0 Å². The summed E-state index contributed by atoms with van der Waals surface area (Å²) in [7, 11) is 0. The van der Waals surface area contributed by atoms with Crippen molar-refractivity contribution in [1.29, 1.82) is 0 Å². The van der Waals surface area contributed by atoms with Crippen molar-refractivity contribution >= 4 is 6.29 Å². The highest BCUT2D eigenvalue weighted by Crippen LogP contribution is 2.06. The normalized spacial score (nSPS) is 20.4. The van der Waals surface area contributed by atoms with Gasteiger partial charge in [0.1, 0.15) is 24.6 Å². The highest BCUT2D eigenvalue weighted by Gasteiger charge is 2.29. The lowest BCUT2D eigenvalue weighted by Gasteiger charge is -2.24. The Bertz CT molecular complexity index is 150. The second-order valence-electron chi connectivity index (χ2n) is 2.70. The Morgan fingerprint density at radius 3 is 1.85 bits per heavy atom. The summed E-state index contributed by atoms with van der Waals surface area (Å²) >= 11 is 0. The van der Waals surface area contributed by atoms with Crippen LogP contribution in [0.4, 0.5) is 0 Å². The number of rotatable bonds is 6. The molecule has 0 aromatic carbocycles. The van der Waals surface area contributed by atoms with Crippen molar-refractivity contribution in [2.75, 3.05) is 6.61 Å². The molecule has 5 N–H and O–H groups in total. The number of carbonyl (C=O) groups excluding carboxylic acids is 1. The summed E-state index contributed by atoms with van der Waals surface area (Å²) in [5, 5.41) is 44.4. The highest BCUT2D eigenvalue weighted by atomic mass is 16.4. The van der Waals surface area contributed by atoms with E-state index in [-0.39, 0.29) is 6.42 Å². The minimum Gasteiger partial charge on any atom is -0.394 e. The van der Waals surface area contributed by atoms with Crippen molar-refractivity contribution in [2.45, 2.75) is 30.8 Å². The van der Waals surface area contributed by atoms with Gasteiger partial charge < -0.3 is 30.3 Å². The van der Waals surface area contributed by atoms with E-state index in [0.29, 0.717) is 6.29 Å². The van der Waals surface area contributed by atoms with Crippen LogP contribution in [0.25, 0.3) is 0 Å². The van der Waals surface area contributed by atoms with E-state index in [2.05, 4.69) is 0 Å². The van der Waals surface area contributed by atoms with E-state index >= 15 is 0 Å². The molecule has 0 aliphatic carbocycles. The fourth-order valence-electron chi connectivity index (χ4n) is 0.801. The van der Waals surface area contributed by atoms with Crippen LogP contribution in [-0.2, 0) is 4.79 Å². The lowest BCUT2D eigenvalue weighted by Crippen LogP contribution is -2.45. The second-order valence-corrected chi connectivity index (χ2v) is 2.70. The molecule has 4 unspecified atom stereocenters. The van der Waals surface area contributed by atoms with Crippen LogP contribution < -0.4 is 0 Å². The van der Waals surface area contributed by atoms with Crippen LogP contribution in [0.15, 0.2) is 0 Å². The molecule has 0 aromatic rings. The summed E-state index contributed by atoms with van der Waals surface area (Å²) in [4.78, 5) is 9.92. The molecule has 0 spiro atoms. The minimum atomic E-state index is -1.67. The van der Waals surface area contributed by atoms with Crippen LogP contribution in [0.2, 0.25) is 0 Å². The van der Waals surface area contributed by atoms with Crippen LogP contribution in [0.1, 0.15) is 6.42 Å². The summed E-state index contributed by atoms with van der Waals surface area (Å²) in [5.41, 5.74) is 0. The van der Waals surface area contributed by atoms with Crippen molar-refractivity contribution in [3.63, 3.8) is 0 Å². The van der Waals surface area contributed by atoms with Crippen LogP contribution in [0.3, 0.4) is 0 Å². The maximum Gasteiger partial charge on any atom is 0.122 e. The Morgan fingerprint density at radius 1 is 1.00 bits per heavy atom. The summed E-state index contributed by atoms with van der Waals surface area (Å²) in [6, 6.07) is 0. The quantitative estimate of drug-likeness (QED) is 0.288. The van der Waals surface area contributed by atoms with E-state index in [1.165, 1.54) is 0 Å². The van der Waals surface area contributed by atoms with Crippen molar-refractivity contribution < 1.29 is 30.3 Å². The molecule has 0 aliphatic rings. The smallest absolute Gasteiger partial charge is 0.122 e. The van der Waals surface area contributed by atoms with E-state index < -0.39 is 31.0 Å². The average Bonchev–Trinajstić information content (AvgIpc) is 2.14. The van der Waals surface area contributed by atoms with Gasteiger partial charge in [-0.3, -0.25) is 0 Å². The predicted molar refractivity (Wildman–Crippen MR) is 41.8 cm³/mol. The van der Waals surface area contributed by atoms with E-state index in [1.807, 2.05) is 0 Å². The van der Waals surface area contributed by atoms with E-state index in [9.17, 15) is 4.79 Å². The number of hydrogen-bond donors (Lipinski definition) is 5. The van der Waals surface area contributed by atoms with E-state index in [4.69, 9.17) is 25.5 Å². The first kappa shape index (κ1) is 12.5. The number of aliphatic hydroxyl groups excluding tert-OH is 5. The molecule has 0 amide bonds. The van der Waals surface area contributed by atoms with Crippen molar-refractivity contribution in [3.8, 4) is 0 Å². The number of aldehydes is 1. The molecule has 0 saturated heterocycles. The Kier molecular flexibility index (Phi) is 5.76. The van der Waals surface area contributed by atoms with Gasteiger partial charge in [-0.1, -0.05) is 0 Å². The molecular formula is C7H14O6. The predicted octanol–water partition coefficient (Wildman–Crippen LogP) is -2.99. The van der Waals surface area contributed by atoms with E-state index in [1.54, 1.807) is 0 Å². The summed E-state index contributed by atoms with van der Waals surface area (Å²) < 4.78 is 0. The average molecular weight is 194 g/mol. The third kappa shape index (κ3) is 3.79. The molecule has 6 heteroatoms. The zero-order chi connectivity index (χ0) is 10.4. The monoisotopic (exact) mass is 194 g/mol. The molecule has 78 valence electrons. The molecule has 0 saturated carbocycles. The molecule has 4 atom stereocenters. The Morgan fingerprint density at radius 2 is 1.46 bits per heavy atom. The molecule has 6 nitrogen and oxygen atoms in total. The molecule has 0 fully saturated rings. The third-order valence-electron chi connectivity index (χ3n) is 1.66. The van der Waals surface area contributed by atoms with Crippen LogP contribution in [0, 0.1) is 0 Å². The first-order valence-electron chi connectivity index (χ1n) is 3.81. The van der Waals surface area contributed by atoms with Crippen LogP contribution in [-0.4, -0.2) is 62.8 Å². The molecular weight excluding hydrogens is 180 g/mol. The lowest BCUT2D eigenvalue weighted by atomic mass is 10.0. The third-order valence-corrected chi connectivity index (χ3v) is 1.66. The molecule has 0 radical (unpaired) electrons. The van der Waals surface area contributed by atoms with Gasteiger partial charge >= 0.3 is 0 Å². The Labute approximate surface area is 75.1 Å². The van der Waals surface area contributed by atoms with Gasteiger partial charge in [0.05, 0.1) is 12.7 Å². The molecule has 13 heavy (non-hydrogen) atoms. The molecule has 0 heterocycles. The standard InChI is InChI=1S/C7H14O6/c8-2-1-4(10)6(12)7(13)5(11)3-9/h2,4-7,9-13H,1,3H2. The van der Waals surface area contributed by atoms with Gasteiger partial charge in [-0.05, 0) is 0 Å². The largest absolute Gasteiger partial charge is 0.394 e.